The quantitative estimate of drug-likeness (QED) is 0.847. The molecule has 2 aliphatic rings. The maximum Gasteiger partial charge on any atom is 0.329 e. The van der Waals surface area contributed by atoms with Gasteiger partial charge in [0.1, 0.15) is 6.54 Å². The molecule has 0 bridgehead atoms. The van der Waals surface area contributed by atoms with Crippen LogP contribution in [0.2, 0.25) is 0 Å². The second kappa shape index (κ2) is 6.48. The number of carbonyl (C=O) groups is 1. The first-order chi connectivity index (χ1) is 12.1. The molecule has 0 spiro atoms. The number of carbonyl (C=O) groups excluding carboxylic acids is 1. The predicted octanol–water partition coefficient (Wildman–Crippen LogP) is 0.433. The third-order valence-corrected chi connectivity index (χ3v) is 5.39. The Balaban J connectivity index is 1.52. The van der Waals surface area contributed by atoms with Crippen molar-refractivity contribution in [1.29, 1.82) is 0 Å². The molecule has 132 valence electrons. The lowest BCUT2D eigenvalue weighted by Gasteiger charge is -2.32. The van der Waals surface area contributed by atoms with Gasteiger partial charge in [-0.25, -0.2) is 4.79 Å². The van der Waals surface area contributed by atoms with Crippen molar-refractivity contribution in [2.24, 2.45) is 0 Å². The number of hydrogen-bond acceptors (Lipinski definition) is 4. The van der Waals surface area contributed by atoms with Gasteiger partial charge in [0.25, 0.3) is 5.56 Å². The van der Waals surface area contributed by atoms with Crippen LogP contribution in [0.1, 0.15) is 25.7 Å². The average molecular weight is 342 g/mol. The second-order valence-corrected chi connectivity index (χ2v) is 6.93. The lowest BCUT2D eigenvalue weighted by atomic mass is 9.99. The monoisotopic (exact) mass is 342 g/mol. The zero-order valence-corrected chi connectivity index (χ0v) is 14.0. The summed E-state index contributed by atoms with van der Waals surface area (Å²) in [6, 6.07) is 7.33. The number of amides is 1. The van der Waals surface area contributed by atoms with Crippen molar-refractivity contribution in [1.82, 2.24) is 19.8 Å². The van der Waals surface area contributed by atoms with Crippen molar-refractivity contribution in [3.05, 3.63) is 45.1 Å². The molecule has 25 heavy (non-hydrogen) atoms. The van der Waals surface area contributed by atoms with Gasteiger partial charge in [-0.2, -0.15) is 0 Å². The van der Waals surface area contributed by atoms with E-state index in [0.29, 0.717) is 16.9 Å². The Kier molecular flexibility index (Phi) is 4.17. The van der Waals surface area contributed by atoms with E-state index in [4.69, 9.17) is 0 Å². The molecule has 2 saturated heterocycles. The highest BCUT2D eigenvalue weighted by molar-refractivity contribution is 5.79. The van der Waals surface area contributed by atoms with Crippen LogP contribution in [-0.4, -0.2) is 45.5 Å². The highest BCUT2D eigenvalue weighted by Crippen LogP contribution is 2.27. The smallest absolute Gasteiger partial charge is 0.329 e. The Bertz CT molecular complexity index is 916. The number of aromatic amines is 1. The van der Waals surface area contributed by atoms with E-state index in [1.165, 1.54) is 12.8 Å². The number of nitrogens with one attached hydrogen (secondary N) is 2. The van der Waals surface area contributed by atoms with Crippen LogP contribution in [0, 0.1) is 0 Å². The Morgan fingerprint density at radius 3 is 2.88 bits per heavy atom. The maximum absolute atomic E-state index is 12.5. The molecule has 2 fully saturated rings. The molecule has 2 aromatic rings. The topological polar surface area (TPSA) is 87.2 Å². The lowest BCUT2D eigenvalue weighted by molar-refractivity contribution is -0.122. The summed E-state index contributed by atoms with van der Waals surface area (Å²) in [5, 5.41) is 3.45. The zero-order valence-electron chi connectivity index (χ0n) is 14.0. The van der Waals surface area contributed by atoms with Gasteiger partial charge in [0.05, 0.1) is 10.9 Å². The number of aromatic nitrogens is 2. The molecule has 2 atom stereocenters. The molecule has 1 amide bonds. The highest BCUT2D eigenvalue weighted by Gasteiger charge is 2.36. The van der Waals surface area contributed by atoms with E-state index in [1.54, 1.807) is 24.3 Å². The Morgan fingerprint density at radius 2 is 2.00 bits per heavy atom. The summed E-state index contributed by atoms with van der Waals surface area (Å²) in [6.45, 7) is 1.86. The lowest BCUT2D eigenvalue weighted by Crippen LogP contribution is -2.49. The summed E-state index contributed by atoms with van der Waals surface area (Å²) >= 11 is 0. The highest BCUT2D eigenvalue weighted by atomic mass is 16.2. The average Bonchev–Trinajstić information content (AvgIpc) is 3.02. The van der Waals surface area contributed by atoms with Crippen LogP contribution in [0.15, 0.2) is 33.9 Å². The number of nitrogens with zero attached hydrogens (tertiary/aromatic N) is 2. The van der Waals surface area contributed by atoms with E-state index < -0.39 is 11.2 Å². The largest absolute Gasteiger partial charge is 0.350 e. The van der Waals surface area contributed by atoms with Crippen molar-refractivity contribution in [3.63, 3.8) is 0 Å². The SMILES string of the molecule is O=C(Cn1c(=O)[nH]c2ccccc2c1=O)NC1CCN2CCCCC12. The molecular weight excluding hydrogens is 320 g/mol. The van der Waals surface area contributed by atoms with E-state index in [0.717, 1.165) is 30.5 Å². The summed E-state index contributed by atoms with van der Waals surface area (Å²) in [6.07, 6.45) is 4.44. The van der Waals surface area contributed by atoms with Crippen molar-refractivity contribution < 1.29 is 4.79 Å². The van der Waals surface area contributed by atoms with Crippen molar-refractivity contribution >= 4 is 16.8 Å². The molecule has 2 N–H and O–H groups in total. The van der Waals surface area contributed by atoms with E-state index in [-0.39, 0.29) is 18.5 Å². The molecular formula is C18H22N4O3. The van der Waals surface area contributed by atoms with Crippen molar-refractivity contribution in [2.45, 2.75) is 44.3 Å². The standard InChI is InChI=1S/C18H22N4O3/c23-16(19-14-8-10-21-9-4-3-7-15(14)21)11-22-17(24)12-5-1-2-6-13(12)20-18(22)25/h1-2,5-6,14-15H,3-4,7-11H2,(H,19,23)(H,20,25). The fourth-order valence-electron chi connectivity index (χ4n) is 4.15. The molecule has 3 heterocycles. The van der Waals surface area contributed by atoms with Crippen LogP contribution in [0.4, 0.5) is 0 Å². The first kappa shape index (κ1) is 16.1. The van der Waals surface area contributed by atoms with Gasteiger partial charge in [-0.3, -0.25) is 19.1 Å². The van der Waals surface area contributed by atoms with E-state index >= 15 is 0 Å². The first-order valence-corrected chi connectivity index (χ1v) is 8.89. The molecule has 2 unspecified atom stereocenters. The van der Waals surface area contributed by atoms with E-state index in [2.05, 4.69) is 15.2 Å². The number of benzene rings is 1. The van der Waals surface area contributed by atoms with Gasteiger partial charge in [0.15, 0.2) is 0 Å². The molecule has 4 rings (SSSR count). The molecule has 2 aliphatic heterocycles. The normalized spacial score (nSPS) is 23.5. The summed E-state index contributed by atoms with van der Waals surface area (Å²) in [5.74, 6) is -0.277. The number of H-pyrrole nitrogens is 1. The Hall–Kier alpha value is -2.41. The Labute approximate surface area is 144 Å². The Morgan fingerprint density at radius 1 is 1.16 bits per heavy atom. The van der Waals surface area contributed by atoms with Gasteiger partial charge < -0.3 is 10.3 Å². The molecule has 1 aromatic heterocycles. The van der Waals surface area contributed by atoms with Crippen LogP contribution < -0.4 is 16.6 Å². The molecule has 0 aliphatic carbocycles. The van der Waals surface area contributed by atoms with Gasteiger partial charge in [-0.15, -0.1) is 0 Å². The summed E-state index contributed by atoms with van der Waals surface area (Å²) in [7, 11) is 0. The van der Waals surface area contributed by atoms with Crippen LogP contribution >= 0.6 is 0 Å². The molecule has 7 nitrogen and oxygen atoms in total. The number of piperidine rings is 1. The fraction of sp³-hybridized carbons (Fsp3) is 0.500. The summed E-state index contributed by atoms with van der Waals surface area (Å²) in [5.41, 5.74) is -0.493. The molecule has 0 radical (unpaired) electrons. The summed E-state index contributed by atoms with van der Waals surface area (Å²) in [4.78, 5) is 42.2. The van der Waals surface area contributed by atoms with Crippen molar-refractivity contribution in [2.75, 3.05) is 13.1 Å². The van der Waals surface area contributed by atoms with Gasteiger partial charge in [0, 0.05) is 18.6 Å². The third-order valence-electron chi connectivity index (χ3n) is 5.39. The van der Waals surface area contributed by atoms with E-state index in [1.807, 2.05) is 0 Å². The molecule has 0 saturated carbocycles. The number of para-hydroxylation sites is 1. The first-order valence-electron chi connectivity index (χ1n) is 8.89. The van der Waals surface area contributed by atoms with Gasteiger partial charge >= 0.3 is 5.69 Å². The van der Waals surface area contributed by atoms with Crippen molar-refractivity contribution in [3.8, 4) is 0 Å². The minimum Gasteiger partial charge on any atom is -0.350 e. The fourth-order valence-corrected chi connectivity index (χ4v) is 4.15. The zero-order chi connectivity index (χ0) is 17.4. The van der Waals surface area contributed by atoms with Crippen LogP contribution in [-0.2, 0) is 11.3 Å². The number of rotatable bonds is 3. The number of fused-ring (bicyclic) bond motifs is 2. The van der Waals surface area contributed by atoms with Crippen LogP contribution in [0.3, 0.4) is 0 Å². The third kappa shape index (κ3) is 3.00. The molecule has 7 heteroatoms. The second-order valence-electron chi connectivity index (χ2n) is 6.93. The van der Waals surface area contributed by atoms with Gasteiger partial charge in [-0.05, 0) is 37.9 Å². The minimum absolute atomic E-state index is 0.114. The maximum atomic E-state index is 12.5. The molecule has 1 aromatic carbocycles. The van der Waals surface area contributed by atoms with Gasteiger partial charge in [-0.1, -0.05) is 18.6 Å². The minimum atomic E-state index is -0.551. The number of hydrogen-bond donors (Lipinski definition) is 2. The van der Waals surface area contributed by atoms with Gasteiger partial charge in [0.2, 0.25) is 5.91 Å². The van der Waals surface area contributed by atoms with E-state index in [9.17, 15) is 14.4 Å². The van der Waals surface area contributed by atoms with Crippen LogP contribution in [0.5, 0.6) is 0 Å². The van der Waals surface area contributed by atoms with Crippen LogP contribution in [0.25, 0.3) is 10.9 Å². The predicted molar refractivity (Wildman–Crippen MR) is 94.6 cm³/mol. The summed E-state index contributed by atoms with van der Waals surface area (Å²) < 4.78 is 0.977.